The van der Waals surface area contributed by atoms with Gasteiger partial charge in [-0.15, -0.1) is 0 Å². The summed E-state index contributed by atoms with van der Waals surface area (Å²) in [6.45, 7) is 2.04. The first-order valence-electron chi connectivity index (χ1n) is 12.1. The van der Waals surface area contributed by atoms with E-state index in [4.69, 9.17) is 18.9 Å². The first kappa shape index (κ1) is 27.6. The number of anilines is 1. The van der Waals surface area contributed by atoms with Gasteiger partial charge in [0.1, 0.15) is 18.1 Å². The number of nitrogens with one attached hydrogen (secondary N) is 1. The quantitative estimate of drug-likeness (QED) is 0.329. The number of nitrogens with zero attached hydrogens (tertiary/aromatic N) is 1. The Labute approximate surface area is 230 Å². The largest absolute Gasteiger partial charge is 0.495 e. The van der Waals surface area contributed by atoms with Gasteiger partial charge in [0, 0.05) is 0 Å². The van der Waals surface area contributed by atoms with Gasteiger partial charge in [-0.1, -0.05) is 30.3 Å². The van der Waals surface area contributed by atoms with E-state index in [9.17, 15) is 14.4 Å². The predicted molar refractivity (Wildman–Crippen MR) is 149 cm³/mol. The van der Waals surface area contributed by atoms with Crippen LogP contribution in [-0.4, -0.2) is 55.9 Å². The molecular formula is C29H28N2O7S. The fourth-order valence-electron chi connectivity index (χ4n) is 3.77. The summed E-state index contributed by atoms with van der Waals surface area (Å²) in [4.78, 5) is 39.2. The van der Waals surface area contributed by atoms with E-state index < -0.39 is 0 Å². The maximum absolute atomic E-state index is 12.9. The molecule has 39 heavy (non-hydrogen) atoms. The van der Waals surface area contributed by atoms with E-state index >= 15 is 0 Å². The maximum Gasteiger partial charge on any atom is 0.293 e. The second-order valence-electron chi connectivity index (χ2n) is 8.45. The number of thioether (sulfide) groups is 1. The molecule has 0 saturated carbocycles. The molecule has 3 aromatic carbocycles. The second-order valence-corrected chi connectivity index (χ2v) is 9.44. The third kappa shape index (κ3) is 7.11. The Hall–Kier alpha value is -4.44. The van der Waals surface area contributed by atoms with Crippen molar-refractivity contribution in [3.05, 3.63) is 82.8 Å². The molecule has 1 saturated heterocycles. The van der Waals surface area contributed by atoms with E-state index in [-0.39, 0.29) is 36.8 Å². The highest BCUT2D eigenvalue weighted by Gasteiger charge is 2.34. The van der Waals surface area contributed by atoms with Crippen LogP contribution in [0.4, 0.5) is 10.5 Å². The standard InChI is InChI=1S/C29H28N2O7S/c1-19-7-6-8-21(15-19)37-14-13-31-28(33)26(39-29(31)34)17-20-11-12-24(25(16-20)36-3)38-18-27(32)30-22-9-4-5-10-23(22)35-2/h4-12,15-17H,13-14,18H2,1-3H3,(H,30,32)/b26-17-. The zero-order valence-corrected chi connectivity index (χ0v) is 22.6. The van der Waals surface area contributed by atoms with Gasteiger partial charge in [-0.2, -0.15) is 0 Å². The average Bonchev–Trinajstić information content (AvgIpc) is 3.19. The highest BCUT2D eigenvalue weighted by atomic mass is 32.2. The molecule has 3 aromatic rings. The van der Waals surface area contributed by atoms with Crippen molar-refractivity contribution < 1.29 is 33.3 Å². The SMILES string of the molecule is COc1ccccc1NC(=O)COc1ccc(/C=C2\SC(=O)N(CCOc3cccc(C)c3)C2=O)cc1OC. The molecular weight excluding hydrogens is 520 g/mol. The summed E-state index contributed by atoms with van der Waals surface area (Å²) in [5.41, 5.74) is 2.23. The number of ether oxygens (including phenoxy) is 4. The normalized spacial score (nSPS) is 13.9. The first-order chi connectivity index (χ1) is 18.9. The number of hydrogen-bond donors (Lipinski definition) is 1. The Morgan fingerprint density at radius 2 is 1.72 bits per heavy atom. The van der Waals surface area contributed by atoms with Crippen molar-refractivity contribution in [2.45, 2.75) is 6.92 Å². The average molecular weight is 549 g/mol. The molecule has 0 unspecified atom stereocenters. The molecule has 0 bridgehead atoms. The van der Waals surface area contributed by atoms with E-state index in [1.165, 1.54) is 19.1 Å². The number of amides is 3. The minimum atomic E-state index is -0.384. The molecule has 0 atom stereocenters. The zero-order chi connectivity index (χ0) is 27.8. The van der Waals surface area contributed by atoms with Crippen LogP contribution >= 0.6 is 11.8 Å². The van der Waals surface area contributed by atoms with E-state index in [2.05, 4.69) is 5.32 Å². The summed E-state index contributed by atoms with van der Waals surface area (Å²) < 4.78 is 22.0. The maximum atomic E-state index is 12.9. The number of hydrogen-bond acceptors (Lipinski definition) is 8. The molecule has 1 heterocycles. The molecule has 0 aliphatic carbocycles. The molecule has 1 aliphatic rings. The van der Waals surface area contributed by atoms with E-state index in [0.717, 1.165) is 17.3 Å². The van der Waals surface area contributed by atoms with Crippen molar-refractivity contribution in [2.75, 3.05) is 39.3 Å². The number of benzene rings is 3. The lowest BCUT2D eigenvalue weighted by atomic mass is 10.2. The van der Waals surface area contributed by atoms with Gasteiger partial charge in [-0.25, -0.2) is 0 Å². The predicted octanol–water partition coefficient (Wildman–Crippen LogP) is 5.15. The van der Waals surface area contributed by atoms with Gasteiger partial charge in [-0.05, 0) is 72.3 Å². The number of rotatable bonds is 11. The number of methoxy groups -OCH3 is 2. The second kappa shape index (κ2) is 12.9. The van der Waals surface area contributed by atoms with Crippen LogP contribution in [0.25, 0.3) is 6.08 Å². The first-order valence-corrected chi connectivity index (χ1v) is 12.9. The van der Waals surface area contributed by atoms with Gasteiger partial charge in [0.05, 0.1) is 31.4 Å². The molecule has 4 rings (SSSR count). The monoisotopic (exact) mass is 548 g/mol. The van der Waals surface area contributed by atoms with Crippen LogP contribution in [-0.2, 0) is 9.59 Å². The van der Waals surface area contributed by atoms with E-state index in [1.807, 2.05) is 31.2 Å². The van der Waals surface area contributed by atoms with Crippen molar-refractivity contribution in [3.63, 3.8) is 0 Å². The van der Waals surface area contributed by atoms with E-state index in [0.29, 0.717) is 39.2 Å². The molecule has 3 amide bonds. The van der Waals surface area contributed by atoms with Crippen molar-refractivity contribution >= 4 is 40.6 Å². The fourth-order valence-corrected chi connectivity index (χ4v) is 4.64. The van der Waals surface area contributed by atoms with Crippen LogP contribution in [0.5, 0.6) is 23.0 Å². The number of para-hydroxylation sites is 2. The summed E-state index contributed by atoms with van der Waals surface area (Å²) in [7, 11) is 3.00. The van der Waals surface area contributed by atoms with Gasteiger partial charge in [-0.3, -0.25) is 19.3 Å². The van der Waals surface area contributed by atoms with Crippen LogP contribution in [0.2, 0.25) is 0 Å². The topological polar surface area (TPSA) is 103 Å². The van der Waals surface area contributed by atoms with E-state index in [1.54, 1.807) is 48.5 Å². The Morgan fingerprint density at radius 1 is 0.923 bits per heavy atom. The van der Waals surface area contributed by atoms with Crippen molar-refractivity contribution in [1.82, 2.24) is 4.90 Å². The van der Waals surface area contributed by atoms with Crippen LogP contribution < -0.4 is 24.3 Å². The van der Waals surface area contributed by atoms with Crippen LogP contribution in [0.3, 0.4) is 0 Å². The molecule has 1 fully saturated rings. The van der Waals surface area contributed by atoms with Gasteiger partial charge < -0.3 is 24.3 Å². The molecule has 0 radical (unpaired) electrons. The highest BCUT2D eigenvalue weighted by Crippen LogP contribution is 2.34. The summed E-state index contributed by atoms with van der Waals surface area (Å²) in [5, 5.41) is 2.39. The number of imide groups is 1. The molecule has 1 aliphatic heterocycles. The Morgan fingerprint density at radius 3 is 2.49 bits per heavy atom. The van der Waals surface area contributed by atoms with Gasteiger partial charge in [0.25, 0.3) is 17.1 Å². The lowest BCUT2D eigenvalue weighted by Gasteiger charge is -2.13. The van der Waals surface area contributed by atoms with Gasteiger partial charge >= 0.3 is 0 Å². The lowest BCUT2D eigenvalue weighted by molar-refractivity contribution is -0.123. The van der Waals surface area contributed by atoms with Crippen molar-refractivity contribution in [3.8, 4) is 23.0 Å². The molecule has 1 N–H and O–H groups in total. The Bertz CT molecular complexity index is 1410. The minimum absolute atomic E-state index is 0.142. The van der Waals surface area contributed by atoms with Gasteiger partial charge in [0.15, 0.2) is 18.1 Å². The number of carbonyl (C=O) groups excluding carboxylic acids is 3. The number of aryl methyl sites for hydroxylation is 1. The summed E-state index contributed by atoms with van der Waals surface area (Å²) in [6.07, 6.45) is 1.62. The molecule has 202 valence electrons. The highest BCUT2D eigenvalue weighted by molar-refractivity contribution is 8.18. The summed E-state index contributed by atoms with van der Waals surface area (Å²) >= 11 is 0.869. The third-order valence-corrected chi connectivity index (χ3v) is 6.58. The van der Waals surface area contributed by atoms with Crippen LogP contribution in [0.1, 0.15) is 11.1 Å². The van der Waals surface area contributed by atoms with Crippen molar-refractivity contribution in [1.29, 1.82) is 0 Å². The Balaban J connectivity index is 1.36. The molecule has 9 nitrogen and oxygen atoms in total. The van der Waals surface area contributed by atoms with Crippen molar-refractivity contribution in [2.24, 2.45) is 0 Å². The minimum Gasteiger partial charge on any atom is -0.495 e. The number of carbonyl (C=O) groups is 3. The molecule has 10 heteroatoms. The molecule has 0 spiro atoms. The lowest BCUT2D eigenvalue weighted by Crippen LogP contribution is -2.32. The van der Waals surface area contributed by atoms with Crippen LogP contribution in [0, 0.1) is 6.92 Å². The van der Waals surface area contributed by atoms with Gasteiger partial charge in [0.2, 0.25) is 0 Å². The smallest absolute Gasteiger partial charge is 0.293 e. The summed E-state index contributed by atoms with van der Waals surface area (Å²) in [5.74, 6) is 1.20. The fraction of sp³-hybridized carbons (Fsp3) is 0.207. The molecule has 0 aromatic heterocycles. The van der Waals surface area contributed by atoms with Crippen LogP contribution in [0.15, 0.2) is 71.6 Å². The Kier molecular flexibility index (Phi) is 9.11. The summed E-state index contributed by atoms with van der Waals surface area (Å²) in [6, 6.07) is 19.6. The zero-order valence-electron chi connectivity index (χ0n) is 21.8. The third-order valence-electron chi connectivity index (χ3n) is 5.67.